The molecule has 0 aromatic heterocycles. The molecule has 0 aromatic rings. The second-order valence-corrected chi connectivity index (χ2v) is 4.11. The fraction of sp³-hybridized carbons (Fsp3) is 0.917. The highest BCUT2D eigenvalue weighted by Crippen LogP contribution is 2.09. The summed E-state index contributed by atoms with van der Waals surface area (Å²) in [4.78, 5) is 11.7. The van der Waals surface area contributed by atoms with Crippen LogP contribution in [0, 0.1) is 11.8 Å². The van der Waals surface area contributed by atoms with E-state index in [1.807, 2.05) is 0 Å². The number of hydrogen-bond acceptors (Lipinski definition) is 2. The lowest BCUT2D eigenvalue weighted by Crippen LogP contribution is -2.34. The van der Waals surface area contributed by atoms with E-state index in [0.717, 1.165) is 32.2 Å². The maximum Gasteiger partial charge on any atom is 0.223 e. The molecule has 0 spiro atoms. The van der Waals surface area contributed by atoms with Crippen molar-refractivity contribution < 1.29 is 4.79 Å². The second kappa shape index (κ2) is 8.72. The van der Waals surface area contributed by atoms with Gasteiger partial charge < -0.3 is 11.1 Å². The van der Waals surface area contributed by atoms with E-state index in [4.69, 9.17) is 5.73 Å². The molecule has 0 saturated heterocycles. The highest BCUT2D eigenvalue weighted by molar-refractivity contribution is 5.78. The van der Waals surface area contributed by atoms with Gasteiger partial charge in [0, 0.05) is 12.5 Å². The maximum atomic E-state index is 11.7. The largest absolute Gasteiger partial charge is 0.356 e. The van der Waals surface area contributed by atoms with Gasteiger partial charge in [0.25, 0.3) is 0 Å². The molecular formula is C12H26N2O. The molecule has 0 heterocycles. The molecule has 0 aliphatic rings. The van der Waals surface area contributed by atoms with E-state index in [0.29, 0.717) is 12.5 Å². The van der Waals surface area contributed by atoms with Crippen LogP contribution in [-0.4, -0.2) is 19.0 Å². The third kappa shape index (κ3) is 5.78. The lowest BCUT2D eigenvalue weighted by Gasteiger charge is -2.17. The summed E-state index contributed by atoms with van der Waals surface area (Å²) in [5.74, 6) is 0.921. The van der Waals surface area contributed by atoms with Crippen molar-refractivity contribution in [2.75, 3.05) is 13.1 Å². The van der Waals surface area contributed by atoms with Crippen LogP contribution < -0.4 is 11.1 Å². The van der Waals surface area contributed by atoms with Crippen LogP contribution in [0.5, 0.6) is 0 Å². The predicted molar refractivity (Wildman–Crippen MR) is 64.5 cm³/mol. The molecule has 90 valence electrons. The van der Waals surface area contributed by atoms with Gasteiger partial charge in [0.15, 0.2) is 0 Å². The van der Waals surface area contributed by atoms with Crippen LogP contribution in [-0.2, 0) is 4.79 Å². The molecule has 1 amide bonds. The Morgan fingerprint density at radius 3 is 2.20 bits per heavy atom. The first-order chi connectivity index (χ1) is 7.19. The smallest absolute Gasteiger partial charge is 0.223 e. The molecule has 1 unspecified atom stereocenters. The summed E-state index contributed by atoms with van der Waals surface area (Å²) in [7, 11) is 0. The highest BCUT2D eigenvalue weighted by Gasteiger charge is 2.14. The van der Waals surface area contributed by atoms with Gasteiger partial charge in [0.1, 0.15) is 0 Å². The van der Waals surface area contributed by atoms with E-state index in [-0.39, 0.29) is 11.8 Å². The number of carbonyl (C=O) groups is 1. The minimum atomic E-state index is 0.181. The van der Waals surface area contributed by atoms with Gasteiger partial charge in [0.05, 0.1) is 0 Å². The number of nitrogens with two attached hydrogens (primary N) is 1. The molecule has 0 bridgehead atoms. The van der Waals surface area contributed by atoms with E-state index >= 15 is 0 Å². The zero-order valence-electron chi connectivity index (χ0n) is 10.4. The van der Waals surface area contributed by atoms with Crippen LogP contribution in [0.4, 0.5) is 0 Å². The van der Waals surface area contributed by atoms with Gasteiger partial charge >= 0.3 is 0 Å². The lowest BCUT2D eigenvalue weighted by molar-refractivity contribution is -0.125. The van der Waals surface area contributed by atoms with Crippen molar-refractivity contribution in [3.8, 4) is 0 Å². The number of amides is 1. The average Bonchev–Trinajstić information content (AvgIpc) is 2.25. The Hall–Kier alpha value is -0.570. The lowest BCUT2D eigenvalue weighted by atomic mass is 10.00. The summed E-state index contributed by atoms with van der Waals surface area (Å²) >= 11 is 0. The Labute approximate surface area is 93.8 Å². The Morgan fingerprint density at radius 2 is 1.80 bits per heavy atom. The normalized spacial score (nSPS) is 12.9. The Morgan fingerprint density at radius 1 is 1.20 bits per heavy atom. The van der Waals surface area contributed by atoms with Crippen LogP contribution in [0.15, 0.2) is 0 Å². The Bertz CT molecular complexity index is 167. The Kier molecular flexibility index (Phi) is 8.38. The first-order valence-corrected chi connectivity index (χ1v) is 6.17. The molecule has 0 fully saturated rings. The number of carbonyl (C=O) groups excluding carboxylic acids is 1. The Balaban J connectivity index is 3.85. The molecular weight excluding hydrogens is 188 g/mol. The molecule has 1 atom stereocenters. The maximum absolute atomic E-state index is 11.7. The van der Waals surface area contributed by atoms with Gasteiger partial charge in [-0.25, -0.2) is 0 Å². The van der Waals surface area contributed by atoms with Crippen molar-refractivity contribution in [1.82, 2.24) is 5.32 Å². The summed E-state index contributed by atoms with van der Waals surface area (Å²) in [6.45, 7) is 7.75. The molecule has 3 heteroatoms. The predicted octanol–water partition coefficient (Wildman–Crippen LogP) is 1.91. The van der Waals surface area contributed by atoms with Crippen molar-refractivity contribution in [2.24, 2.45) is 17.6 Å². The number of rotatable bonds is 8. The standard InChI is InChI=1S/C12H26N2O/c1-4-10(7-8-13)9-14-12(15)11(5-2)6-3/h10-11H,4-9,13H2,1-3H3,(H,14,15). The fourth-order valence-corrected chi connectivity index (χ4v) is 1.73. The quantitative estimate of drug-likeness (QED) is 0.648. The van der Waals surface area contributed by atoms with Crippen LogP contribution in [0.25, 0.3) is 0 Å². The average molecular weight is 214 g/mol. The summed E-state index contributed by atoms with van der Waals surface area (Å²) < 4.78 is 0. The van der Waals surface area contributed by atoms with E-state index in [1.54, 1.807) is 0 Å². The van der Waals surface area contributed by atoms with E-state index in [9.17, 15) is 4.79 Å². The molecule has 0 aliphatic carbocycles. The third-order valence-electron chi connectivity index (χ3n) is 3.07. The van der Waals surface area contributed by atoms with Gasteiger partial charge in [-0.3, -0.25) is 4.79 Å². The minimum absolute atomic E-state index is 0.181. The SMILES string of the molecule is CCC(CCN)CNC(=O)C(CC)CC. The van der Waals surface area contributed by atoms with Crippen molar-refractivity contribution in [2.45, 2.75) is 46.5 Å². The molecule has 3 nitrogen and oxygen atoms in total. The van der Waals surface area contributed by atoms with Crippen molar-refractivity contribution in [3.63, 3.8) is 0 Å². The second-order valence-electron chi connectivity index (χ2n) is 4.11. The fourth-order valence-electron chi connectivity index (χ4n) is 1.73. The van der Waals surface area contributed by atoms with E-state index in [1.165, 1.54) is 0 Å². The van der Waals surface area contributed by atoms with Gasteiger partial charge in [0.2, 0.25) is 5.91 Å². The zero-order valence-corrected chi connectivity index (χ0v) is 10.4. The summed E-state index contributed by atoms with van der Waals surface area (Å²) in [6.07, 6.45) is 3.94. The summed E-state index contributed by atoms with van der Waals surface area (Å²) in [5.41, 5.74) is 5.51. The first-order valence-electron chi connectivity index (χ1n) is 6.17. The van der Waals surface area contributed by atoms with Crippen molar-refractivity contribution >= 4 is 5.91 Å². The summed E-state index contributed by atoms with van der Waals surface area (Å²) in [6, 6.07) is 0. The van der Waals surface area contributed by atoms with Gasteiger partial charge in [-0.2, -0.15) is 0 Å². The van der Waals surface area contributed by atoms with Crippen LogP contribution in [0.1, 0.15) is 46.5 Å². The highest BCUT2D eigenvalue weighted by atomic mass is 16.1. The van der Waals surface area contributed by atoms with Crippen LogP contribution in [0.2, 0.25) is 0 Å². The van der Waals surface area contributed by atoms with Gasteiger partial charge in [-0.1, -0.05) is 27.2 Å². The summed E-state index contributed by atoms with van der Waals surface area (Å²) in [5, 5.41) is 3.03. The van der Waals surface area contributed by atoms with Crippen LogP contribution in [0.3, 0.4) is 0 Å². The monoisotopic (exact) mass is 214 g/mol. The van der Waals surface area contributed by atoms with E-state index in [2.05, 4.69) is 26.1 Å². The van der Waals surface area contributed by atoms with Gasteiger partial charge in [-0.05, 0) is 31.7 Å². The topological polar surface area (TPSA) is 55.1 Å². The minimum Gasteiger partial charge on any atom is -0.356 e. The van der Waals surface area contributed by atoms with Gasteiger partial charge in [-0.15, -0.1) is 0 Å². The molecule has 0 aromatic carbocycles. The molecule has 0 aliphatic heterocycles. The third-order valence-corrected chi connectivity index (χ3v) is 3.07. The molecule has 15 heavy (non-hydrogen) atoms. The van der Waals surface area contributed by atoms with Crippen LogP contribution >= 0.6 is 0 Å². The zero-order chi connectivity index (χ0) is 11.7. The first kappa shape index (κ1) is 14.4. The molecule has 0 radical (unpaired) electrons. The number of hydrogen-bond donors (Lipinski definition) is 2. The molecule has 3 N–H and O–H groups in total. The number of nitrogens with one attached hydrogen (secondary N) is 1. The van der Waals surface area contributed by atoms with Crippen molar-refractivity contribution in [3.05, 3.63) is 0 Å². The van der Waals surface area contributed by atoms with Crippen molar-refractivity contribution in [1.29, 1.82) is 0 Å². The van der Waals surface area contributed by atoms with E-state index < -0.39 is 0 Å². The molecule has 0 rings (SSSR count). The molecule has 0 saturated carbocycles.